The van der Waals surface area contributed by atoms with Crippen LogP contribution in [0.5, 0.6) is 0 Å². The highest BCUT2D eigenvalue weighted by Crippen LogP contribution is 2.27. The molecule has 0 unspecified atom stereocenters. The zero-order valence-corrected chi connectivity index (χ0v) is 12.9. The SMILES string of the molecule is Cc1cc(C)c(NCc2cccc(Cl)c2Cl)c(C)c1. The number of hydrogen-bond donors (Lipinski definition) is 1. The van der Waals surface area contributed by atoms with Gasteiger partial charge in [0.15, 0.2) is 0 Å². The summed E-state index contributed by atoms with van der Waals surface area (Å²) in [6.07, 6.45) is 0. The van der Waals surface area contributed by atoms with Gasteiger partial charge in [-0.2, -0.15) is 0 Å². The first-order valence-electron chi connectivity index (χ1n) is 6.23. The molecule has 0 fully saturated rings. The van der Waals surface area contributed by atoms with Crippen molar-refractivity contribution in [2.45, 2.75) is 27.3 Å². The van der Waals surface area contributed by atoms with E-state index in [-0.39, 0.29) is 0 Å². The minimum Gasteiger partial charge on any atom is -0.380 e. The normalized spacial score (nSPS) is 10.6. The molecule has 0 aliphatic heterocycles. The number of hydrogen-bond acceptors (Lipinski definition) is 1. The van der Waals surface area contributed by atoms with Gasteiger partial charge < -0.3 is 5.32 Å². The smallest absolute Gasteiger partial charge is 0.0642 e. The number of aryl methyl sites for hydroxylation is 3. The molecular formula is C16H17Cl2N. The van der Waals surface area contributed by atoms with Gasteiger partial charge in [0.1, 0.15) is 0 Å². The second-order valence-electron chi connectivity index (χ2n) is 4.84. The van der Waals surface area contributed by atoms with E-state index in [0.717, 1.165) is 5.56 Å². The number of anilines is 1. The van der Waals surface area contributed by atoms with E-state index in [4.69, 9.17) is 23.2 Å². The van der Waals surface area contributed by atoms with Crippen molar-refractivity contribution in [2.24, 2.45) is 0 Å². The molecule has 0 bridgehead atoms. The summed E-state index contributed by atoms with van der Waals surface area (Å²) >= 11 is 12.2. The summed E-state index contributed by atoms with van der Waals surface area (Å²) < 4.78 is 0. The molecule has 0 saturated carbocycles. The van der Waals surface area contributed by atoms with Gasteiger partial charge >= 0.3 is 0 Å². The monoisotopic (exact) mass is 293 g/mol. The van der Waals surface area contributed by atoms with Crippen molar-refractivity contribution in [3.05, 3.63) is 62.6 Å². The Morgan fingerprint density at radius 3 is 2.26 bits per heavy atom. The molecule has 0 aliphatic carbocycles. The van der Waals surface area contributed by atoms with Gasteiger partial charge in [-0.15, -0.1) is 0 Å². The number of rotatable bonds is 3. The second-order valence-corrected chi connectivity index (χ2v) is 5.63. The van der Waals surface area contributed by atoms with Crippen LogP contribution in [0.2, 0.25) is 10.0 Å². The number of halogens is 2. The average molecular weight is 294 g/mol. The lowest BCUT2D eigenvalue weighted by atomic mass is 10.0. The fraction of sp³-hybridized carbons (Fsp3) is 0.250. The van der Waals surface area contributed by atoms with Crippen LogP contribution >= 0.6 is 23.2 Å². The molecule has 0 aromatic heterocycles. The van der Waals surface area contributed by atoms with Gasteiger partial charge in [-0.05, 0) is 43.5 Å². The molecule has 1 N–H and O–H groups in total. The summed E-state index contributed by atoms with van der Waals surface area (Å²) in [5.41, 5.74) is 5.95. The van der Waals surface area contributed by atoms with E-state index < -0.39 is 0 Å². The van der Waals surface area contributed by atoms with Crippen molar-refractivity contribution < 1.29 is 0 Å². The first-order chi connectivity index (χ1) is 8.99. The Kier molecular flexibility index (Phi) is 4.38. The minimum atomic E-state index is 0.596. The molecule has 2 aromatic carbocycles. The summed E-state index contributed by atoms with van der Waals surface area (Å²) in [7, 11) is 0. The van der Waals surface area contributed by atoms with Crippen LogP contribution < -0.4 is 5.32 Å². The standard InChI is InChI=1S/C16H17Cl2N/c1-10-7-11(2)16(12(3)8-10)19-9-13-5-4-6-14(17)15(13)18/h4-8,19H,9H2,1-3H3. The molecule has 2 rings (SSSR count). The average Bonchev–Trinajstić information content (AvgIpc) is 2.33. The van der Waals surface area contributed by atoms with Gasteiger partial charge in [0.05, 0.1) is 10.0 Å². The summed E-state index contributed by atoms with van der Waals surface area (Å²) in [5.74, 6) is 0. The van der Waals surface area contributed by atoms with Crippen LogP contribution in [0.4, 0.5) is 5.69 Å². The van der Waals surface area contributed by atoms with Crippen LogP contribution in [-0.4, -0.2) is 0 Å². The quantitative estimate of drug-likeness (QED) is 0.784. The Balaban J connectivity index is 2.22. The molecule has 2 aromatic rings. The maximum absolute atomic E-state index is 6.19. The Labute approximate surface area is 124 Å². The van der Waals surface area contributed by atoms with Crippen molar-refractivity contribution >= 4 is 28.9 Å². The van der Waals surface area contributed by atoms with Crippen LogP contribution in [-0.2, 0) is 6.54 Å². The maximum Gasteiger partial charge on any atom is 0.0642 e. The zero-order valence-electron chi connectivity index (χ0n) is 11.3. The molecule has 100 valence electrons. The fourth-order valence-corrected chi connectivity index (χ4v) is 2.71. The molecule has 0 atom stereocenters. The second kappa shape index (κ2) is 5.85. The van der Waals surface area contributed by atoms with Crippen LogP contribution in [0.3, 0.4) is 0 Å². The van der Waals surface area contributed by atoms with E-state index in [1.807, 2.05) is 12.1 Å². The van der Waals surface area contributed by atoms with Gasteiger partial charge in [0.2, 0.25) is 0 Å². The first kappa shape index (κ1) is 14.2. The van der Waals surface area contributed by atoms with E-state index in [1.54, 1.807) is 6.07 Å². The van der Waals surface area contributed by atoms with Crippen molar-refractivity contribution in [2.75, 3.05) is 5.32 Å². The number of benzene rings is 2. The molecule has 0 heterocycles. The highest BCUT2D eigenvalue weighted by atomic mass is 35.5. The molecule has 0 spiro atoms. The Hall–Kier alpha value is -1.18. The topological polar surface area (TPSA) is 12.0 Å². The molecule has 19 heavy (non-hydrogen) atoms. The van der Waals surface area contributed by atoms with E-state index in [2.05, 4.69) is 38.2 Å². The van der Waals surface area contributed by atoms with E-state index in [0.29, 0.717) is 16.6 Å². The maximum atomic E-state index is 6.19. The predicted octanol–water partition coefficient (Wildman–Crippen LogP) is 5.53. The number of nitrogens with one attached hydrogen (secondary N) is 1. The third-order valence-corrected chi connectivity index (χ3v) is 4.02. The molecule has 0 amide bonds. The lowest BCUT2D eigenvalue weighted by Gasteiger charge is -2.14. The highest BCUT2D eigenvalue weighted by molar-refractivity contribution is 6.42. The van der Waals surface area contributed by atoms with Gasteiger partial charge in [-0.1, -0.05) is 53.0 Å². The van der Waals surface area contributed by atoms with E-state index in [9.17, 15) is 0 Å². The van der Waals surface area contributed by atoms with Crippen molar-refractivity contribution in [3.8, 4) is 0 Å². The van der Waals surface area contributed by atoms with Crippen LogP contribution in [0.1, 0.15) is 22.3 Å². The molecular weight excluding hydrogens is 277 g/mol. The summed E-state index contributed by atoms with van der Waals surface area (Å²) in [5, 5.41) is 4.67. The first-order valence-corrected chi connectivity index (χ1v) is 6.99. The van der Waals surface area contributed by atoms with Crippen LogP contribution in [0.25, 0.3) is 0 Å². The summed E-state index contributed by atoms with van der Waals surface area (Å²) in [6.45, 7) is 7.01. The highest BCUT2D eigenvalue weighted by Gasteiger charge is 2.07. The van der Waals surface area contributed by atoms with E-state index >= 15 is 0 Å². The van der Waals surface area contributed by atoms with Crippen LogP contribution in [0.15, 0.2) is 30.3 Å². The van der Waals surface area contributed by atoms with Gasteiger partial charge in [0, 0.05) is 12.2 Å². The zero-order chi connectivity index (χ0) is 14.0. The van der Waals surface area contributed by atoms with Crippen LogP contribution in [0, 0.1) is 20.8 Å². The third kappa shape index (κ3) is 3.23. The predicted molar refractivity (Wildman–Crippen MR) is 84.4 cm³/mol. The summed E-state index contributed by atoms with van der Waals surface area (Å²) in [4.78, 5) is 0. The lowest BCUT2D eigenvalue weighted by molar-refractivity contribution is 1.13. The Bertz CT molecular complexity index is 583. The molecule has 0 aliphatic rings. The van der Waals surface area contributed by atoms with Gasteiger partial charge in [0.25, 0.3) is 0 Å². The molecule has 1 nitrogen and oxygen atoms in total. The molecule has 0 saturated heterocycles. The minimum absolute atomic E-state index is 0.596. The largest absolute Gasteiger partial charge is 0.380 e. The lowest BCUT2D eigenvalue weighted by Crippen LogP contribution is -2.04. The summed E-state index contributed by atoms with van der Waals surface area (Å²) in [6, 6.07) is 10.1. The fourth-order valence-electron chi connectivity index (χ4n) is 2.33. The van der Waals surface area contributed by atoms with Crippen molar-refractivity contribution in [1.29, 1.82) is 0 Å². The van der Waals surface area contributed by atoms with Gasteiger partial charge in [-0.3, -0.25) is 0 Å². The van der Waals surface area contributed by atoms with Crippen molar-refractivity contribution in [1.82, 2.24) is 0 Å². The molecule has 0 radical (unpaired) electrons. The Morgan fingerprint density at radius 2 is 1.63 bits per heavy atom. The molecule has 3 heteroatoms. The third-order valence-electron chi connectivity index (χ3n) is 3.16. The van der Waals surface area contributed by atoms with Crippen molar-refractivity contribution in [3.63, 3.8) is 0 Å². The Morgan fingerprint density at radius 1 is 1.00 bits per heavy atom. The van der Waals surface area contributed by atoms with Gasteiger partial charge in [-0.25, -0.2) is 0 Å². The van der Waals surface area contributed by atoms with E-state index in [1.165, 1.54) is 22.4 Å².